The third-order valence-electron chi connectivity index (χ3n) is 2.65. The minimum Gasteiger partial charge on any atom is -0.345 e. The summed E-state index contributed by atoms with van der Waals surface area (Å²) in [5.74, 6) is 0.0951. The Bertz CT molecular complexity index is 169. The van der Waals surface area contributed by atoms with Gasteiger partial charge in [0.15, 0.2) is 0 Å². The topological polar surface area (TPSA) is 46.3 Å². The lowest BCUT2D eigenvalue weighted by molar-refractivity contribution is -0.134. The van der Waals surface area contributed by atoms with Crippen molar-refractivity contribution in [2.75, 3.05) is 13.6 Å². The van der Waals surface area contributed by atoms with Crippen molar-refractivity contribution in [2.24, 2.45) is 11.7 Å². The minimum absolute atomic E-state index is 0.0591. The Morgan fingerprint density at radius 3 is 2.36 bits per heavy atom. The van der Waals surface area contributed by atoms with E-state index in [0.29, 0.717) is 0 Å². The van der Waals surface area contributed by atoms with Crippen molar-refractivity contribution < 1.29 is 4.79 Å². The molecule has 0 radical (unpaired) electrons. The van der Waals surface area contributed by atoms with E-state index in [0.717, 1.165) is 13.0 Å². The van der Waals surface area contributed by atoms with Crippen LogP contribution >= 0.6 is 0 Å². The molecule has 2 atom stereocenters. The summed E-state index contributed by atoms with van der Waals surface area (Å²) in [6.45, 7) is 6.78. The highest BCUT2D eigenvalue weighted by Crippen LogP contribution is 2.06. The van der Waals surface area contributed by atoms with Gasteiger partial charge in [0.2, 0.25) is 5.91 Å². The number of nitrogens with zero attached hydrogens (tertiary/aromatic N) is 1. The van der Waals surface area contributed by atoms with Gasteiger partial charge in [0.05, 0.1) is 5.92 Å². The fraction of sp³-hybridized carbons (Fsp3) is 0.909. The quantitative estimate of drug-likeness (QED) is 0.662. The lowest BCUT2D eigenvalue weighted by Crippen LogP contribution is -2.40. The number of carbonyl (C=O) groups is 1. The number of unbranched alkanes of at least 4 members (excludes halogenated alkanes) is 2. The Hall–Kier alpha value is -0.570. The maximum atomic E-state index is 11.7. The molecule has 3 nitrogen and oxygen atoms in total. The van der Waals surface area contributed by atoms with Crippen LogP contribution in [0.4, 0.5) is 0 Å². The van der Waals surface area contributed by atoms with Gasteiger partial charge in [-0.05, 0) is 13.3 Å². The predicted molar refractivity (Wildman–Crippen MR) is 60.0 cm³/mol. The van der Waals surface area contributed by atoms with E-state index in [2.05, 4.69) is 6.92 Å². The van der Waals surface area contributed by atoms with Gasteiger partial charge in [0.25, 0.3) is 0 Å². The molecule has 0 bridgehead atoms. The van der Waals surface area contributed by atoms with Crippen LogP contribution in [-0.4, -0.2) is 30.4 Å². The molecule has 0 saturated carbocycles. The van der Waals surface area contributed by atoms with Gasteiger partial charge in [-0.1, -0.05) is 26.7 Å². The van der Waals surface area contributed by atoms with Crippen LogP contribution in [-0.2, 0) is 4.79 Å². The molecule has 2 N–H and O–H groups in total. The van der Waals surface area contributed by atoms with Crippen molar-refractivity contribution >= 4 is 5.91 Å². The van der Waals surface area contributed by atoms with Crippen molar-refractivity contribution in [1.29, 1.82) is 0 Å². The Balaban J connectivity index is 3.86. The number of nitrogens with two attached hydrogens (primary N) is 1. The molecule has 0 saturated heterocycles. The molecule has 0 aliphatic rings. The van der Waals surface area contributed by atoms with E-state index < -0.39 is 0 Å². The predicted octanol–water partition coefficient (Wildman–Crippen LogP) is 1.62. The van der Waals surface area contributed by atoms with Crippen LogP contribution in [0.5, 0.6) is 0 Å². The molecule has 0 aromatic heterocycles. The van der Waals surface area contributed by atoms with Crippen molar-refractivity contribution in [3.63, 3.8) is 0 Å². The minimum atomic E-state index is -0.0679. The first-order valence-electron chi connectivity index (χ1n) is 5.51. The second kappa shape index (κ2) is 6.82. The van der Waals surface area contributed by atoms with E-state index in [4.69, 9.17) is 5.73 Å². The summed E-state index contributed by atoms with van der Waals surface area (Å²) in [5.41, 5.74) is 5.68. The summed E-state index contributed by atoms with van der Waals surface area (Å²) >= 11 is 0. The van der Waals surface area contributed by atoms with Crippen LogP contribution in [0.3, 0.4) is 0 Å². The molecule has 0 aromatic rings. The molecule has 14 heavy (non-hydrogen) atoms. The number of carbonyl (C=O) groups excluding carboxylic acids is 1. The molecule has 0 aromatic carbocycles. The summed E-state index contributed by atoms with van der Waals surface area (Å²) < 4.78 is 0. The van der Waals surface area contributed by atoms with Crippen LogP contribution < -0.4 is 5.73 Å². The SMILES string of the molecule is CCCCCN(C)C(=O)C(C)C(C)N. The molecule has 0 aliphatic heterocycles. The Labute approximate surface area is 87.6 Å². The van der Waals surface area contributed by atoms with Gasteiger partial charge in [-0.2, -0.15) is 0 Å². The summed E-state index contributed by atoms with van der Waals surface area (Å²) in [5, 5.41) is 0. The summed E-state index contributed by atoms with van der Waals surface area (Å²) in [7, 11) is 1.86. The van der Waals surface area contributed by atoms with Gasteiger partial charge in [-0.15, -0.1) is 0 Å². The van der Waals surface area contributed by atoms with Crippen LogP contribution in [0.1, 0.15) is 40.0 Å². The van der Waals surface area contributed by atoms with E-state index in [1.54, 1.807) is 4.90 Å². The molecule has 84 valence electrons. The Kier molecular flexibility index (Phi) is 6.54. The van der Waals surface area contributed by atoms with E-state index >= 15 is 0 Å². The van der Waals surface area contributed by atoms with Crippen molar-refractivity contribution in [1.82, 2.24) is 4.90 Å². The zero-order valence-corrected chi connectivity index (χ0v) is 9.92. The largest absolute Gasteiger partial charge is 0.345 e. The second-order valence-electron chi connectivity index (χ2n) is 4.11. The standard InChI is InChI=1S/C11H24N2O/c1-5-6-7-8-13(4)11(14)9(2)10(3)12/h9-10H,5-8,12H2,1-4H3. The summed E-state index contributed by atoms with van der Waals surface area (Å²) in [4.78, 5) is 13.5. The van der Waals surface area contributed by atoms with Crippen LogP contribution in [0.2, 0.25) is 0 Å². The average molecular weight is 200 g/mol. The van der Waals surface area contributed by atoms with Gasteiger partial charge >= 0.3 is 0 Å². The van der Waals surface area contributed by atoms with E-state index in [1.165, 1.54) is 12.8 Å². The maximum Gasteiger partial charge on any atom is 0.226 e. The van der Waals surface area contributed by atoms with Gasteiger partial charge in [0, 0.05) is 19.6 Å². The third-order valence-corrected chi connectivity index (χ3v) is 2.65. The van der Waals surface area contributed by atoms with Crippen LogP contribution in [0, 0.1) is 5.92 Å². The maximum absolute atomic E-state index is 11.7. The smallest absolute Gasteiger partial charge is 0.226 e. The molecule has 2 unspecified atom stereocenters. The fourth-order valence-electron chi connectivity index (χ4n) is 1.28. The molecular formula is C11H24N2O. The molecule has 0 aliphatic carbocycles. The molecule has 0 fully saturated rings. The van der Waals surface area contributed by atoms with Crippen molar-refractivity contribution in [3.8, 4) is 0 Å². The second-order valence-corrected chi connectivity index (χ2v) is 4.11. The van der Waals surface area contributed by atoms with Crippen LogP contribution in [0.15, 0.2) is 0 Å². The van der Waals surface area contributed by atoms with Gasteiger partial charge in [-0.25, -0.2) is 0 Å². The lowest BCUT2D eigenvalue weighted by Gasteiger charge is -2.23. The first-order valence-corrected chi connectivity index (χ1v) is 5.51. The first-order chi connectivity index (χ1) is 6.50. The van der Waals surface area contributed by atoms with E-state index in [1.807, 2.05) is 20.9 Å². The number of amides is 1. The zero-order chi connectivity index (χ0) is 11.1. The summed E-state index contributed by atoms with van der Waals surface area (Å²) in [6, 6.07) is -0.0591. The third kappa shape index (κ3) is 4.61. The highest BCUT2D eigenvalue weighted by molar-refractivity contribution is 5.78. The Morgan fingerprint density at radius 2 is 1.93 bits per heavy atom. The van der Waals surface area contributed by atoms with Crippen LogP contribution in [0.25, 0.3) is 0 Å². The molecule has 0 rings (SSSR count). The van der Waals surface area contributed by atoms with E-state index in [-0.39, 0.29) is 17.9 Å². The number of hydrogen-bond donors (Lipinski definition) is 1. The number of rotatable bonds is 6. The van der Waals surface area contributed by atoms with E-state index in [9.17, 15) is 4.79 Å². The fourth-order valence-corrected chi connectivity index (χ4v) is 1.28. The highest BCUT2D eigenvalue weighted by atomic mass is 16.2. The lowest BCUT2D eigenvalue weighted by atomic mass is 10.0. The average Bonchev–Trinajstić information content (AvgIpc) is 2.15. The highest BCUT2D eigenvalue weighted by Gasteiger charge is 2.20. The molecular weight excluding hydrogens is 176 g/mol. The summed E-state index contributed by atoms with van der Waals surface area (Å²) in [6.07, 6.45) is 3.46. The molecule has 0 heterocycles. The zero-order valence-electron chi connectivity index (χ0n) is 9.92. The monoisotopic (exact) mass is 200 g/mol. The number of hydrogen-bond acceptors (Lipinski definition) is 2. The normalized spacial score (nSPS) is 14.9. The molecule has 3 heteroatoms. The van der Waals surface area contributed by atoms with Gasteiger partial charge in [0.1, 0.15) is 0 Å². The van der Waals surface area contributed by atoms with Gasteiger partial charge in [-0.3, -0.25) is 4.79 Å². The van der Waals surface area contributed by atoms with Gasteiger partial charge < -0.3 is 10.6 Å². The molecule has 1 amide bonds. The molecule has 0 spiro atoms. The first kappa shape index (κ1) is 13.4. The Morgan fingerprint density at radius 1 is 1.36 bits per heavy atom. The van der Waals surface area contributed by atoms with Crippen molar-refractivity contribution in [2.45, 2.75) is 46.1 Å². The van der Waals surface area contributed by atoms with Crippen molar-refractivity contribution in [3.05, 3.63) is 0 Å².